The fraction of sp³-hybridized carbons (Fsp3) is 0.917. The van der Waals surface area contributed by atoms with Crippen LogP contribution in [0.15, 0.2) is 0 Å². The van der Waals surface area contributed by atoms with Crippen LogP contribution in [0, 0.1) is 0 Å². The second kappa shape index (κ2) is 6.86. The Hall–Kier alpha value is -0.610. The van der Waals surface area contributed by atoms with E-state index in [1.54, 1.807) is 0 Å². The van der Waals surface area contributed by atoms with Gasteiger partial charge in [0.15, 0.2) is 0 Å². The van der Waals surface area contributed by atoms with E-state index < -0.39 is 0 Å². The van der Waals surface area contributed by atoms with Gasteiger partial charge in [-0.05, 0) is 19.4 Å². The largest absolute Gasteiger partial charge is 0.352 e. The Morgan fingerprint density at radius 1 is 1.38 bits per heavy atom. The molecule has 0 aromatic rings. The highest BCUT2D eigenvalue weighted by Gasteiger charge is 2.25. The zero-order chi connectivity index (χ0) is 12.0. The highest BCUT2D eigenvalue weighted by molar-refractivity contribution is 5.78. The van der Waals surface area contributed by atoms with Gasteiger partial charge in [0.2, 0.25) is 5.91 Å². The van der Waals surface area contributed by atoms with E-state index in [4.69, 9.17) is 0 Å². The van der Waals surface area contributed by atoms with Crippen LogP contribution in [0.2, 0.25) is 0 Å². The lowest BCUT2D eigenvalue weighted by molar-refractivity contribution is -0.123. The molecular weight excluding hydrogens is 202 g/mol. The van der Waals surface area contributed by atoms with Crippen molar-refractivity contribution >= 4 is 5.91 Å². The van der Waals surface area contributed by atoms with Crippen LogP contribution in [0.4, 0.5) is 0 Å². The Kier molecular flexibility index (Phi) is 5.77. The molecule has 2 N–H and O–H groups in total. The Morgan fingerprint density at radius 3 is 2.38 bits per heavy atom. The average Bonchev–Trinajstić information content (AvgIpc) is 2.22. The van der Waals surface area contributed by atoms with Crippen molar-refractivity contribution in [3.05, 3.63) is 0 Å². The van der Waals surface area contributed by atoms with E-state index in [1.807, 2.05) is 0 Å². The van der Waals surface area contributed by atoms with E-state index >= 15 is 0 Å². The number of carbonyl (C=O) groups excluding carboxylic acids is 1. The number of amides is 1. The van der Waals surface area contributed by atoms with Crippen molar-refractivity contribution in [2.75, 3.05) is 26.2 Å². The fourth-order valence-electron chi connectivity index (χ4n) is 1.98. The molecule has 4 heteroatoms. The van der Waals surface area contributed by atoms with Gasteiger partial charge >= 0.3 is 0 Å². The van der Waals surface area contributed by atoms with E-state index in [-0.39, 0.29) is 5.91 Å². The Bertz CT molecular complexity index is 212. The first-order chi connectivity index (χ1) is 7.71. The molecule has 0 atom stereocenters. The van der Waals surface area contributed by atoms with E-state index in [0.29, 0.717) is 18.6 Å². The molecule has 0 radical (unpaired) electrons. The zero-order valence-corrected chi connectivity index (χ0v) is 10.8. The van der Waals surface area contributed by atoms with E-state index in [0.717, 1.165) is 32.5 Å². The van der Waals surface area contributed by atoms with Gasteiger partial charge in [-0.15, -0.1) is 0 Å². The van der Waals surface area contributed by atoms with Crippen LogP contribution in [0.25, 0.3) is 0 Å². The van der Waals surface area contributed by atoms with Gasteiger partial charge in [-0.2, -0.15) is 0 Å². The molecule has 0 bridgehead atoms. The number of likely N-dealkylation sites (N-methyl/N-ethyl adjacent to an activating group) is 1. The maximum Gasteiger partial charge on any atom is 0.234 e. The SMILES string of the molecule is CCC(CC)NC(=O)CN(CC)C1CNC1. The first-order valence-corrected chi connectivity index (χ1v) is 6.45. The lowest BCUT2D eigenvalue weighted by Crippen LogP contribution is -2.59. The summed E-state index contributed by atoms with van der Waals surface area (Å²) in [7, 11) is 0. The smallest absolute Gasteiger partial charge is 0.234 e. The summed E-state index contributed by atoms with van der Waals surface area (Å²) in [4.78, 5) is 14.1. The van der Waals surface area contributed by atoms with Gasteiger partial charge in [0.25, 0.3) is 0 Å². The summed E-state index contributed by atoms with van der Waals surface area (Å²) < 4.78 is 0. The van der Waals surface area contributed by atoms with Crippen LogP contribution in [-0.4, -0.2) is 49.1 Å². The van der Waals surface area contributed by atoms with Crippen molar-refractivity contribution < 1.29 is 4.79 Å². The molecule has 0 aromatic carbocycles. The normalized spacial score (nSPS) is 16.6. The lowest BCUT2D eigenvalue weighted by atomic mass is 10.1. The molecule has 4 nitrogen and oxygen atoms in total. The molecule has 94 valence electrons. The van der Waals surface area contributed by atoms with Crippen molar-refractivity contribution in [1.82, 2.24) is 15.5 Å². The van der Waals surface area contributed by atoms with E-state index in [2.05, 4.69) is 36.3 Å². The molecule has 1 fully saturated rings. The number of carbonyl (C=O) groups is 1. The maximum atomic E-state index is 11.8. The summed E-state index contributed by atoms with van der Waals surface area (Å²) in [5.74, 6) is 0.169. The van der Waals surface area contributed by atoms with Crippen molar-refractivity contribution in [3.63, 3.8) is 0 Å². The topological polar surface area (TPSA) is 44.4 Å². The third-order valence-electron chi connectivity index (χ3n) is 3.38. The van der Waals surface area contributed by atoms with Crippen LogP contribution >= 0.6 is 0 Å². The highest BCUT2D eigenvalue weighted by atomic mass is 16.2. The summed E-state index contributed by atoms with van der Waals surface area (Å²) in [5, 5.41) is 6.32. The van der Waals surface area contributed by atoms with Crippen LogP contribution < -0.4 is 10.6 Å². The third-order valence-corrected chi connectivity index (χ3v) is 3.38. The first-order valence-electron chi connectivity index (χ1n) is 6.45. The summed E-state index contributed by atoms with van der Waals surface area (Å²) >= 11 is 0. The van der Waals surface area contributed by atoms with Crippen molar-refractivity contribution in [1.29, 1.82) is 0 Å². The molecule has 1 aliphatic heterocycles. The number of hydrogen-bond acceptors (Lipinski definition) is 3. The quantitative estimate of drug-likeness (QED) is 0.669. The second-order valence-electron chi connectivity index (χ2n) is 4.46. The summed E-state index contributed by atoms with van der Waals surface area (Å²) in [5.41, 5.74) is 0. The van der Waals surface area contributed by atoms with Gasteiger partial charge in [-0.3, -0.25) is 9.69 Å². The minimum Gasteiger partial charge on any atom is -0.352 e. The van der Waals surface area contributed by atoms with Gasteiger partial charge in [0.1, 0.15) is 0 Å². The molecule has 16 heavy (non-hydrogen) atoms. The minimum atomic E-state index is 0.169. The molecule has 1 aliphatic rings. The summed E-state index contributed by atoms with van der Waals surface area (Å²) in [6.45, 7) is 9.87. The molecule has 1 rings (SSSR count). The van der Waals surface area contributed by atoms with Gasteiger partial charge in [-0.25, -0.2) is 0 Å². The van der Waals surface area contributed by atoms with E-state index in [9.17, 15) is 4.79 Å². The monoisotopic (exact) mass is 227 g/mol. The lowest BCUT2D eigenvalue weighted by Gasteiger charge is -2.37. The van der Waals surface area contributed by atoms with Gasteiger partial charge < -0.3 is 10.6 Å². The van der Waals surface area contributed by atoms with Crippen molar-refractivity contribution in [3.8, 4) is 0 Å². The van der Waals surface area contributed by atoms with Crippen LogP contribution in [0.3, 0.4) is 0 Å². The van der Waals surface area contributed by atoms with Crippen LogP contribution in [0.5, 0.6) is 0 Å². The van der Waals surface area contributed by atoms with Crippen LogP contribution in [0.1, 0.15) is 33.6 Å². The molecular formula is C12H25N3O. The van der Waals surface area contributed by atoms with Crippen molar-refractivity contribution in [2.24, 2.45) is 0 Å². The summed E-state index contributed by atoms with van der Waals surface area (Å²) in [6, 6.07) is 0.892. The average molecular weight is 227 g/mol. The third kappa shape index (κ3) is 3.76. The number of nitrogens with one attached hydrogen (secondary N) is 2. The Balaban J connectivity index is 2.30. The Labute approximate surface area is 98.8 Å². The molecule has 0 saturated carbocycles. The Morgan fingerprint density at radius 2 is 2.00 bits per heavy atom. The van der Waals surface area contributed by atoms with Gasteiger partial charge in [0.05, 0.1) is 6.54 Å². The number of nitrogens with zero attached hydrogens (tertiary/aromatic N) is 1. The fourth-order valence-corrected chi connectivity index (χ4v) is 1.98. The molecule has 0 aliphatic carbocycles. The first kappa shape index (κ1) is 13.5. The summed E-state index contributed by atoms with van der Waals surface area (Å²) in [6.07, 6.45) is 2.03. The zero-order valence-electron chi connectivity index (χ0n) is 10.8. The number of rotatable bonds is 7. The second-order valence-corrected chi connectivity index (χ2v) is 4.46. The predicted molar refractivity (Wildman–Crippen MR) is 66.4 cm³/mol. The molecule has 1 amide bonds. The minimum absolute atomic E-state index is 0.169. The molecule has 1 saturated heterocycles. The predicted octanol–water partition coefficient (Wildman–Crippen LogP) is 0.585. The van der Waals surface area contributed by atoms with Gasteiger partial charge in [-0.1, -0.05) is 20.8 Å². The maximum absolute atomic E-state index is 11.8. The van der Waals surface area contributed by atoms with Crippen molar-refractivity contribution in [2.45, 2.75) is 45.7 Å². The molecule has 1 heterocycles. The van der Waals surface area contributed by atoms with Crippen LogP contribution in [-0.2, 0) is 4.79 Å². The highest BCUT2D eigenvalue weighted by Crippen LogP contribution is 2.04. The number of hydrogen-bond donors (Lipinski definition) is 2. The van der Waals surface area contributed by atoms with Gasteiger partial charge in [0, 0.05) is 25.2 Å². The van der Waals surface area contributed by atoms with E-state index in [1.165, 1.54) is 0 Å². The molecule has 0 unspecified atom stereocenters. The molecule has 0 aromatic heterocycles. The standard InChI is InChI=1S/C12H25N3O/c1-4-10(5-2)14-12(16)9-15(6-3)11-7-13-8-11/h10-11,13H,4-9H2,1-3H3,(H,14,16). The molecule has 0 spiro atoms.